The monoisotopic (exact) mass is 226 g/mol. The number of allylic oxidation sites excluding steroid dienone is 4. The molecule has 2 nitrogen and oxygen atoms in total. The zero-order valence-corrected chi connectivity index (χ0v) is 10.2. The Morgan fingerprint density at radius 1 is 1.07 bits per heavy atom. The Balaban J connectivity index is 3.38. The number of rotatable bonds is 2. The average molecular weight is 227 g/mol. The number of Topliss-reactive ketones (excluding diaryl/α,β-unsaturated/α-hetero) is 2. The molecule has 15 heavy (non-hydrogen) atoms. The van der Waals surface area contributed by atoms with Gasteiger partial charge < -0.3 is 0 Å². The van der Waals surface area contributed by atoms with Gasteiger partial charge in [0.15, 0.2) is 11.6 Å². The van der Waals surface area contributed by atoms with Crippen molar-refractivity contribution in [3.8, 4) is 0 Å². The number of carbonyl (C=O) groups excluding carboxylic acids is 2. The van der Waals surface area contributed by atoms with E-state index in [1.165, 1.54) is 0 Å². The zero-order valence-electron chi connectivity index (χ0n) is 9.48. The maximum atomic E-state index is 12.0. The summed E-state index contributed by atoms with van der Waals surface area (Å²) in [7, 11) is 0. The van der Waals surface area contributed by atoms with E-state index in [1.54, 1.807) is 13.8 Å². The Kier molecular flexibility index (Phi) is 3.50. The Labute approximate surface area is 95.0 Å². The van der Waals surface area contributed by atoms with E-state index in [-0.39, 0.29) is 23.4 Å². The molecular weight excluding hydrogens is 212 g/mol. The smallest absolute Gasteiger partial charge is 0.186 e. The van der Waals surface area contributed by atoms with Gasteiger partial charge in [-0.25, -0.2) is 0 Å². The van der Waals surface area contributed by atoms with Gasteiger partial charge >= 0.3 is 0 Å². The minimum Gasteiger partial charge on any atom is -0.289 e. The molecule has 0 fully saturated rings. The summed E-state index contributed by atoms with van der Waals surface area (Å²) < 4.78 is 0. The lowest BCUT2D eigenvalue weighted by molar-refractivity contribution is -0.116. The van der Waals surface area contributed by atoms with Crippen LogP contribution in [0.5, 0.6) is 0 Å². The molecule has 0 aliphatic heterocycles. The van der Waals surface area contributed by atoms with E-state index >= 15 is 0 Å². The van der Waals surface area contributed by atoms with E-state index in [1.807, 2.05) is 13.8 Å². The van der Waals surface area contributed by atoms with Gasteiger partial charge in [0, 0.05) is 22.3 Å². The van der Waals surface area contributed by atoms with E-state index in [0.717, 1.165) is 0 Å². The first-order valence-corrected chi connectivity index (χ1v) is 5.51. The third kappa shape index (κ3) is 1.91. The average Bonchev–Trinajstić information content (AvgIpc) is 2.19. The quantitative estimate of drug-likeness (QED) is 0.536. The molecule has 1 aliphatic rings. The summed E-state index contributed by atoms with van der Waals surface area (Å²) in [5.41, 5.74) is 2.13. The molecule has 0 amide bonds. The SMILES string of the molecule is CC1=C(C)C(=O)C(C(C)C)=C(CCl)C1=O. The molecule has 0 aromatic rings. The normalized spacial score (nSPS) is 18.3. The van der Waals surface area contributed by atoms with Crippen molar-refractivity contribution >= 4 is 23.2 Å². The molecular formula is C12H15ClO2. The second kappa shape index (κ2) is 4.31. The van der Waals surface area contributed by atoms with E-state index < -0.39 is 0 Å². The third-order valence-electron chi connectivity index (χ3n) is 2.80. The highest BCUT2D eigenvalue weighted by Gasteiger charge is 2.30. The highest BCUT2D eigenvalue weighted by Crippen LogP contribution is 2.29. The predicted molar refractivity (Wildman–Crippen MR) is 61.0 cm³/mol. The molecule has 1 aliphatic carbocycles. The van der Waals surface area contributed by atoms with E-state index in [4.69, 9.17) is 11.6 Å². The van der Waals surface area contributed by atoms with Gasteiger partial charge in [0.2, 0.25) is 0 Å². The van der Waals surface area contributed by atoms with Crippen LogP contribution in [0.4, 0.5) is 0 Å². The standard InChI is InChI=1S/C12H15ClO2/c1-6(2)10-9(5-13)11(14)7(3)8(4)12(10)15/h6H,5H2,1-4H3. The molecule has 0 heterocycles. The molecule has 0 atom stereocenters. The fourth-order valence-corrected chi connectivity index (χ4v) is 2.04. The van der Waals surface area contributed by atoms with Crippen LogP contribution in [0.15, 0.2) is 22.3 Å². The van der Waals surface area contributed by atoms with Crippen LogP contribution in [0.2, 0.25) is 0 Å². The molecule has 0 aromatic heterocycles. The summed E-state index contributed by atoms with van der Waals surface area (Å²) >= 11 is 5.74. The van der Waals surface area contributed by atoms with Gasteiger partial charge in [-0.15, -0.1) is 11.6 Å². The van der Waals surface area contributed by atoms with Gasteiger partial charge in [0.1, 0.15) is 0 Å². The molecule has 0 spiro atoms. The second-order valence-electron chi connectivity index (χ2n) is 4.09. The first-order valence-electron chi connectivity index (χ1n) is 4.97. The number of alkyl halides is 1. The van der Waals surface area contributed by atoms with Crippen LogP contribution in [0.3, 0.4) is 0 Å². The molecule has 82 valence electrons. The Bertz CT molecular complexity index is 386. The minimum atomic E-state index is -0.0780. The number of hydrogen-bond donors (Lipinski definition) is 0. The van der Waals surface area contributed by atoms with Gasteiger partial charge in [-0.1, -0.05) is 13.8 Å². The number of halogens is 1. The van der Waals surface area contributed by atoms with Crippen LogP contribution in [-0.2, 0) is 9.59 Å². The van der Waals surface area contributed by atoms with Crippen LogP contribution >= 0.6 is 11.6 Å². The lowest BCUT2D eigenvalue weighted by Crippen LogP contribution is -2.25. The summed E-state index contributed by atoms with van der Waals surface area (Å²) in [6.45, 7) is 7.18. The van der Waals surface area contributed by atoms with Crippen LogP contribution in [0.1, 0.15) is 27.7 Å². The van der Waals surface area contributed by atoms with Crippen molar-refractivity contribution in [3.05, 3.63) is 22.3 Å². The minimum absolute atomic E-state index is 0.0299. The summed E-state index contributed by atoms with van der Waals surface area (Å²) in [6, 6.07) is 0. The molecule has 0 saturated heterocycles. The Morgan fingerprint density at radius 3 is 1.93 bits per heavy atom. The van der Waals surface area contributed by atoms with Crippen molar-refractivity contribution in [3.63, 3.8) is 0 Å². The van der Waals surface area contributed by atoms with Gasteiger partial charge in [-0.3, -0.25) is 9.59 Å². The molecule has 0 aromatic carbocycles. The molecule has 1 rings (SSSR count). The van der Waals surface area contributed by atoms with Crippen molar-refractivity contribution in [2.45, 2.75) is 27.7 Å². The first kappa shape index (κ1) is 12.2. The molecule has 0 saturated carbocycles. The summed E-state index contributed by atoms with van der Waals surface area (Å²) in [5.74, 6) is 0.0460. The molecule has 0 unspecified atom stereocenters. The summed E-state index contributed by atoms with van der Waals surface area (Å²) in [4.78, 5) is 23.8. The lowest BCUT2D eigenvalue weighted by atomic mass is 9.81. The van der Waals surface area contributed by atoms with Gasteiger partial charge in [-0.05, 0) is 19.8 Å². The van der Waals surface area contributed by atoms with E-state index in [0.29, 0.717) is 22.3 Å². The molecule has 0 radical (unpaired) electrons. The van der Waals surface area contributed by atoms with Crippen molar-refractivity contribution < 1.29 is 9.59 Å². The van der Waals surface area contributed by atoms with E-state index in [2.05, 4.69) is 0 Å². The highest BCUT2D eigenvalue weighted by atomic mass is 35.5. The lowest BCUT2D eigenvalue weighted by Gasteiger charge is -2.21. The highest BCUT2D eigenvalue weighted by molar-refractivity contribution is 6.30. The fourth-order valence-electron chi connectivity index (χ4n) is 1.77. The Morgan fingerprint density at radius 2 is 1.53 bits per heavy atom. The number of ketones is 2. The molecule has 0 bridgehead atoms. The van der Waals surface area contributed by atoms with Crippen molar-refractivity contribution in [1.29, 1.82) is 0 Å². The number of hydrogen-bond acceptors (Lipinski definition) is 2. The van der Waals surface area contributed by atoms with E-state index in [9.17, 15) is 9.59 Å². The van der Waals surface area contributed by atoms with Gasteiger partial charge in [0.25, 0.3) is 0 Å². The maximum Gasteiger partial charge on any atom is 0.186 e. The van der Waals surface area contributed by atoms with Crippen LogP contribution in [0.25, 0.3) is 0 Å². The molecule has 0 N–H and O–H groups in total. The third-order valence-corrected chi connectivity index (χ3v) is 3.07. The summed E-state index contributed by atoms with van der Waals surface area (Å²) in [5, 5.41) is 0. The van der Waals surface area contributed by atoms with Crippen LogP contribution < -0.4 is 0 Å². The fraction of sp³-hybridized carbons (Fsp3) is 0.500. The zero-order chi connectivity index (χ0) is 11.7. The summed E-state index contributed by atoms with van der Waals surface area (Å²) in [6.07, 6.45) is 0. The van der Waals surface area contributed by atoms with Crippen molar-refractivity contribution in [2.75, 3.05) is 5.88 Å². The van der Waals surface area contributed by atoms with Crippen LogP contribution in [-0.4, -0.2) is 17.4 Å². The first-order chi connectivity index (χ1) is 6.91. The maximum absolute atomic E-state index is 12.0. The predicted octanol–water partition coefficient (Wildman–Crippen LogP) is 2.67. The largest absolute Gasteiger partial charge is 0.289 e. The Hall–Kier alpha value is -0.890. The molecule has 3 heteroatoms. The van der Waals surface area contributed by atoms with Crippen molar-refractivity contribution in [2.24, 2.45) is 5.92 Å². The second-order valence-corrected chi connectivity index (χ2v) is 4.36. The van der Waals surface area contributed by atoms with Crippen molar-refractivity contribution in [1.82, 2.24) is 0 Å². The topological polar surface area (TPSA) is 34.1 Å². The van der Waals surface area contributed by atoms with Crippen LogP contribution in [0, 0.1) is 5.92 Å². The van der Waals surface area contributed by atoms with Gasteiger partial charge in [0.05, 0.1) is 5.88 Å². The number of carbonyl (C=O) groups is 2. The van der Waals surface area contributed by atoms with Gasteiger partial charge in [-0.2, -0.15) is 0 Å².